The monoisotopic (exact) mass is 382 g/mol. The maximum Gasteiger partial charge on any atom is 1.00 e. The van der Waals surface area contributed by atoms with E-state index in [1.54, 1.807) is 18.4 Å². The molecule has 1 aliphatic heterocycles. The van der Waals surface area contributed by atoms with Crippen LogP contribution in [0.15, 0.2) is 29.2 Å². The van der Waals surface area contributed by atoms with E-state index in [2.05, 4.69) is 13.8 Å². The van der Waals surface area contributed by atoms with Gasteiger partial charge in [0.1, 0.15) is 5.82 Å². The first kappa shape index (κ1) is 24.2. The molecule has 0 radical (unpaired) electrons. The molecule has 126 valence electrons. The van der Waals surface area contributed by atoms with Crippen LogP contribution in [0.4, 0.5) is 4.39 Å². The topological polar surface area (TPSA) is 44.1 Å². The van der Waals surface area contributed by atoms with Crippen molar-refractivity contribution in [2.45, 2.75) is 29.5 Å². The summed E-state index contributed by atoms with van der Waals surface area (Å²) in [5.41, 5.74) is 7.41. The number of benzene rings is 1. The van der Waals surface area contributed by atoms with Crippen molar-refractivity contribution in [3.8, 4) is 0 Å². The fraction of sp³-hybridized carbons (Fsp3) is 0.500. The minimum Gasteiger partial charge on any atom is -0.668 e. The van der Waals surface area contributed by atoms with Crippen molar-refractivity contribution in [1.82, 2.24) is 4.31 Å². The SMILES string of the molecule is [CH2-]C1CCCN(S(C)=O)C1.[CH2-]CC([NH-])Sc1cccc(F)c1.[K+]. The maximum atomic E-state index is 12.6. The minimum atomic E-state index is -0.779. The predicted octanol–water partition coefficient (Wildman–Crippen LogP) is 1.35. The molecule has 1 aromatic rings. The molecule has 3 atom stereocenters. The smallest absolute Gasteiger partial charge is 0.668 e. The molecule has 1 fully saturated rings. The summed E-state index contributed by atoms with van der Waals surface area (Å²) < 4.78 is 25.6. The van der Waals surface area contributed by atoms with Gasteiger partial charge < -0.3 is 19.6 Å². The van der Waals surface area contributed by atoms with Crippen molar-refractivity contribution < 1.29 is 60.0 Å². The molecule has 23 heavy (non-hydrogen) atoms. The van der Waals surface area contributed by atoms with Crippen LogP contribution in [0.25, 0.3) is 5.73 Å². The molecular formula is C16H24FKN2OS2-2. The van der Waals surface area contributed by atoms with E-state index in [1.807, 2.05) is 4.31 Å². The zero-order chi connectivity index (χ0) is 16.5. The molecule has 1 aliphatic rings. The van der Waals surface area contributed by atoms with Crippen molar-refractivity contribution in [2.24, 2.45) is 5.92 Å². The second-order valence-electron chi connectivity index (χ2n) is 5.17. The molecule has 0 aromatic heterocycles. The van der Waals surface area contributed by atoms with Gasteiger partial charge in [0, 0.05) is 17.7 Å². The van der Waals surface area contributed by atoms with Crippen molar-refractivity contribution in [2.75, 3.05) is 19.3 Å². The van der Waals surface area contributed by atoms with Gasteiger partial charge in [-0.1, -0.05) is 12.5 Å². The first-order chi connectivity index (χ1) is 10.4. The second-order valence-corrected chi connectivity index (χ2v) is 7.81. The predicted molar refractivity (Wildman–Crippen MR) is 94.1 cm³/mol. The van der Waals surface area contributed by atoms with Crippen LogP contribution in [0, 0.1) is 25.6 Å². The Hall–Kier alpha value is 1.21. The van der Waals surface area contributed by atoms with E-state index in [-0.39, 0.29) is 62.6 Å². The number of thioether (sulfide) groups is 1. The summed E-state index contributed by atoms with van der Waals surface area (Å²) in [5, 5.41) is -0.299. The molecular weight excluding hydrogens is 358 g/mol. The Labute approximate surface area is 189 Å². The second kappa shape index (κ2) is 13.4. The summed E-state index contributed by atoms with van der Waals surface area (Å²) in [7, 11) is -0.779. The van der Waals surface area contributed by atoms with E-state index in [1.165, 1.54) is 30.3 Å². The van der Waals surface area contributed by atoms with E-state index >= 15 is 0 Å². The molecule has 1 aromatic carbocycles. The van der Waals surface area contributed by atoms with Gasteiger partial charge in [-0.25, -0.2) is 12.9 Å². The van der Waals surface area contributed by atoms with Crippen LogP contribution in [-0.2, 0) is 11.0 Å². The molecule has 3 nitrogen and oxygen atoms in total. The van der Waals surface area contributed by atoms with Gasteiger partial charge >= 0.3 is 51.4 Å². The molecule has 0 spiro atoms. The first-order valence-corrected chi connectivity index (χ1v) is 9.66. The van der Waals surface area contributed by atoms with Crippen LogP contribution in [0.1, 0.15) is 19.3 Å². The van der Waals surface area contributed by atoms with Crippen molar-refractivity contribution in [3.05, 3.63) is 49.7 Å². The number of nitrogens with zero attached hydrogens (tertiary/aromatic N) is 1. The van der Waals surface area contributed by atoms with E-state index < -0.39 is 11.0 Å². The Morgan fingerprint density at radius 2 is 2.26 bits per heavy atom. The van der Waals surface area contributed by atoms with Crippen molar-refractivity contribution >= 4 is 22.7 Å². The standard InChI is InChI=1S/C9H10FNS.C7H14NOS.K/c1-2-9(11)12-8-5-3-4-7(10)6-8;1-7-4-3-5-8(6-7)10(2)9;/h3-6,9,11H,1-2H2;7H,1,3-6H2,2H3;/q-2;-1;+1. The molecule has 0 aliphatic carbocycles. The van der Waals surface area contributed by atoms with E-state index in [4.69, 9.17) is 5.73 Å². The molecule has 1 N–H and O–H groups in total. The fourth-order valence-electron chi connectivity index (χ4n) is 2.02. The average Bonchev–Trinajstić information content (AvgIpc) is 2.48. The van der Waals surface area contributed by atoms with Gasteiger partial charge in [-0.05, 0) is 31.2 Å². The first-order valence-electron chi connectivity index (χ1n) is 7.26. The molecule has 0 bridgehead atoms. The molecule has 7 heteroatoms. The van der Waals surface area contributed by atoms with Gasteiger partial charge in [-0.3, -0.25) is 0 Å². The third-order valence-corrected chi connectivity index (χ3v) is 5.29. The van der Waals surface area contributed by atoms with Gasteiger partial charge in [-0.2, -0.15) is 12.3 Å². The van der Waals surface area contributed by atoms with Gasteiger partial charge in [0.2, 0.25) is 0 Å². The van der Waals surface area contributed by atoms with Gasteiger partial charge in [-0.15, -0.1) is 17.1 Å². The summed E-state index contributed by atoms with van der Waals surface area (Å²) in [4.78, 5) is 0.790. The van der Waals surface area contributed by atoms with Gasteiger partial charge in [0.05, 0.1) is 11.0 Å². The summed E-state index contributed by atoms with van der Waals surface area (Å²) >= 11 is 1.32. The normalized spacial score (nSPS) is 20.7. The average molecular weight is 383 g/mol. The molecule has 0 saturated carbocycles. The summed E-state index contributed by atoms with van der Waals surface area (Å²) in [6.45, 7) is 9.44. The van der Waals surface area contributed by atoms with Crippen LogP contribution in [0.3, 0.4) is 0 Å². The number of halogens is 1. The maximum absolute atomic E-state index is 12.6. The summed E-state index contributed by atoms with van der Waals surface area (Å²) in [5.74, 6) is 0.230. The van der Waals surface area contributed by atoms with Crippen LogP contribution >= 0.6 is 11.8 Å². The number of nitrogens with one attached hydrogen (secondary N) is 1. The molecule has 0 amide bonds. The van der Waals surface area contributed by atoms with E-state index in [0.717, 1.165) is 24.4 Å². The van der Waals surface area contributed by atoms with Crippen LogP contribution < -0.4 is 51.4 Å². The fourth-order valence-corrected chi connectivity index (χ4v) is 3.61. The van der Waals surface area contributed by atoms with E-state index in [0.29, 0.717) is 12.3 Å². The molecule has 2 rings (SSSR count). The summed E-state index contributed by atoms with van der Waals surface area (Å²) in [6, 6.07) is 6.27. The number of piperidine rings is 1. The zero-order valence-corrected chi connectivity index (χ0v) is 18.7. The Bertz CT molecular complexity index is 479. The summed E-state index contributed by atoms with van der Waals surface area (Å²) in [6.07, 6.45) is 4.60. The van der Waals surface area contributed by atoms with Gasteiger partial charge in [0.15, 0.2) is 0 Å². The Kier molecular flexibility index (Phi) is 14.1. The molecule has 1 heterocycles. The quantitative estimate of drug-likeness (QED) is 0.448. The zero-order valence-electron chi connectivity index (χ0n) is 14.0. The van der Waals surface area contributed by atoms with E-state index in [9.17, 15) is 8.60 Å². The van der Waals surface area contributed by atoms with Gasteiger partial charge in [0.25, 0.3) is 0 Å². The van der Waals surface area contributed by atoms with Crippen molar-refractivity contribution in [1.29, 1.82) is 0 Å². The van der Waals surface area contributed by atoms with Crippen LogP contribution in [0.5, 0.6) is 0 Å². The Balaban J connectivity index is 0.000000409. The number of rotatable bonds is 4. The van der Waals surface area contributed by atoms with Crippen LogP contribution in [0.2, 0.25) is 0 Å². The Morgan fingerprint density at radius 3 is 2.74 bits per heavy atom. The van der Waals surface area contributed by atoms with Crippen molar-refractivity contribution in [3.63, 3.8) is 0 Å². The minimum absolute atomic E-state index is 0. The largest absolute Gasteiger partial charge is 1.00 e. The Morgan fingerprint density at radius 1 is 1.57 bits per heavy atom. The third kappa shape index (κ3) is 10.7. The third-order valence-electron chi connectivity index (χ3n) is 3.18. The number of hydrogen-bond acceptors (Lipinski definition) is 2. The molecule has 1 saturated heterocycles. The molecule has 3 unspecified atom stereocenters. The number of hydrogen-bond donors (Lipinski definition) is 0. The van der Waals surface area contributed by atoms with Crippen LogP contribution in [-0.4, -0.2) is 33.2 Å².